The van der Waals surface area contributed by atoms with Gasteiger partial charge in [-0.15, -0.1) is 5.10 Å². The standard InChI is InChI=1S/C14H16FN3O3/c1-8(2)18-14(16-12(17-18)13(19)20-4)21-11-6-5-10(15)7-9(11)3/h5-8H,1-4H3. The maximum absolute atomic E-state index is 13.1. The van der Waals surface area contributed by atoms with Gasteiger partial charge in [0, 0.05) is 0 Å². The van der Waals surface area contributed by atoms with Crippen LogP contribution in [0.4, 0.5) is 4.39 Å². The van der Waals surface area contributed by atoms with Crippen molar-refractivity contribution < 1.29 is 18.7 Å². The molecule has 0 aliphatic carbocycles. The van der Waals surface area contributed by atoms with Crippen LogP contribution in [0, 0.1) is 12.7 Å². The molecule has 7 heteroatoms. The quantitative estimate of drug-likeness (QED) is 0.811. The molecule has 0 saturated carbocycles. The van der Waals surface area contributed by atoms with Crippen LogP contribution in [-0.4, -0.2) is 27.8 Å². The summed E-state index contributed by atoms with van der Waals surface area (Å²) in [5.74, 6) is -0.626. The molecule has 112 valence electrons. The van der Waals surface area contributed by atoms with Gasteiger partial charge < -0.3 is 9.47 Å². The van der Waals surface area contributed by atoms with Crippen LogP contribution in [0.25, 0.3) is 0 Å². The Hall–Kier alpha value is -2.44. The van der Waals surface area contributed by atoms with Crippen LogP contribution in [0.1, 0.15) is 36.1 Å². The van der Waals surface area contributed by atoms with E-state index in [9.17, 15) is 9.18 Å². The molecule has 1 heterocycles. The first kappa shape index (κ1) is 15.0. The van der Waals surface area contributed by atoms with Crippen LogP contribution >= 0.6 is 0 Å². The number of carbonyl (C=O) groups is 1. The number of hydrogen-bond acceptors (Lipinski definition) is 5. The lowest BCUT2D eigenvalue weighted by atomic mass is 10.2. The van der Waals surface area contributed by atoms with E-state index in [4.69, 9.17) is 4.74 Å². The highest BCUT2D eigenvalue weighted by molar-refractivity contribution is 5.85. The van der Waals surface area contributed by atoms with Gasteiger partial charge in [-0.2, -0.15) is 4.98 Å². The lowest BCUT2D eigenvalue weighted by Crippen LogP contribution is -2.08. The maximum atomic E-state index is 13.1. The Morgan fingerprint density at radius 1 is 1.38 bits per heavy atom. The lowest BCUT2D eigenvalue weighted by Gasteiger charge is -2.11. The summed E-state index contributed by atoms with van der Waals surface area (Å²) in [4.78, 5) is 15.5. The Labute approximate surface area is 121 Å². The van der Waals surface area contributed by atoms with Crippen molar-refractivity contribution in [3.05, 3.63) is 35.4 Å². The number of nitrogens with zero attached hydrogens (tertiary/aromatic N) is 3. The Kier molecular flexibility index (Phi) is 4.21. The molecule has 0 fully saturated rings. The maximum Gasteiger partial charge on any atom is 0.378 e. The largest absolute Gasteiger partial charge is 0.463 e. The number of benzene rings is 1. The number of carbonyl (C=O) groups excluding carboxylic acids is 1. The summed E-state index contributed by atoms with van der Waals surface area (Å²) >= 11 is 0. The fraction of sp³-hybridized carbons (Fsp3) is 0.357. The fourth-order valence-corrected chi connectivity index (χ4v) is 1.72. The average Bonchev–Trinajstić information content (AvgIpc) is 2.85. The van der Waals surface area contributed by atoms with Gasteiger partial charge in [0.25, 0.3) is 5.82 Å². The lowest BCUT2D eigenvalue weighted by molar-refractivity contribution is 0.0586. The van der Waals surface area contributed by atoms with E-state index in [1.54, 1.807) is 6.92 Å². The van der Waals surface area contributed by atoms with Crippen molar-refractivity contribution in [1.29, 1.82) is 0 Å². The van der Waals surface area contributed by atoms with Gasteiger partial charge in [0.2, 0.25) is 0 Å². The molecule has 0 bridgehead atoms. The molecular weight excluding hydrogens is 277 g/mol. The molecule has 0 saturated heterocycles. The van der Waals surface area contributed by atoms with Crippen LogP contribution in [0.15, 0.2) is 18.2 Å². The molecule has 21 heavy (non-hydrogen) atoms. The molecule has 1 aromatic heterocycles. The number of rotatable bonds is 4. The van der Waals surface area contributed by atoms with Crippen LogP contribution in [0.5, 0.6) is 11.8 Å². The summed E-state index contributed by atoms with van der Waals surface area (Å²) in [5, 5.41) is 4.06. The molecule has 0 aliphatic heterocycles. The third kappa shape index (κ3) is 3.18. The summed E-state index contributed by atoms with van der Waals surface area (Å²) in [6.07, 6.45) is 0. The van der Waals surface area contributed by atoms with E-state index in [-0.39, 0.29) is 23.7 Å². The SMILES string of the molecule is COC(=O)c1nc(Oc2ccc(F)cc2C)n(C(C)C)n1. The van der Waals surface area contributed by atoms with E-state index in [0.29, 0.717) is 11.3 Å². The van der Waals surface area contributed by atoms with E-state index >= 15 is 0 Å². The number of esters is 1. The normalized spacial score (nSPS) is 10.8. The van der Waals surface area contributed by atoms with E-state index in [2.05, 4.69) is 14.8 Å². The van der Waals surface area contributed by atoms with Gasteiger partial charge in [0.1, 0.15) is 11.6 Å². The first-order chi connectivity index (χ1) is 9.92. The number of aromatic nitrogens is 3. The molecule has 1 aromatic carbocycles. The van der Waals surface area contributed by atoms with Crippen LogP contribution < -0.4 is 4.74 Å². The monoisotopic (exact) mass is 293 g/mol. The van der Waals surface area contributed by atoms with Crippen molar-refractivity contribution in [2.75, 3.05) is 7.11 Å². The molecule has 0 N–H and O–H groups in total. The Balaban J connectivity index is 2.38. The number of methoxy groups -OCH3 is 1. The van der Waals surface area contributed by atoms with Gasteiger partial charge in [0.15, 0.2) is 0 Å². The van der Waals surface area contributed by atoms with Gasteiger partial charge in [-0.3, -0.25) is 0 Å². The summed E-state index contributed by atoms with van der Waals surface area (Å²) in [5.41, 5.74) is 0.618. The number of aryl methyl sites for hydroxylation is 1. The molecule has 0 unspecified atom stereocenters. The molecule has 0 spiro atoms. The van der Waals surface area contributed by atoms with Gasteiger partial charge in [-0.25, -0.2) is 13.9 Å². The minimum Gasteiger partial charge on any atom is -0.463 e. The predicted octanol–water partition coefficient (Wildman–Crippen LogP) is 2.89. The molecule has 0 radical (unpaired) electrons. The average molecular weight is 293 g/mol. The molecule has 2 aromatic rings. The topological polar surface area (TPSA) is 66.2 Å². The van der Waals surface area contributed by atoms with Crippen molar-refractivity contribution in [1.82, 2.24) is 14.8 Å². The molecule has 0 amide bonds. The minimum absolute atomic E-state index is 0.0633. The third-order valence-corrected chi connectivity index (χ3v) is 2.80. The molecule has 6 nitrogen and oxygen atoms in total. The summed E-state index contributed by atoms with van der Waals surface area (Å²) in [7, 11) is 1.25. The summed E-state index contributed by atoms with van der Waals surface area (Å²) < 4.78 is 24.8. The van der Waals surface area contributed by atoms with Crippen LogP contribution in [-0.2, 0) is 4.74 Å². The Morgan fingerprint density at radius 3 is 2.67 bits per heavy atom. The van der Waals surface area contributed by atoms with Gasteiger partial charge >= 0.3 is 12.0 Å². The van der Waals surface area contributed by atoms with Gasteiger partial charge in [0.05, 0.1) is 13.2 Å². The smallest absolute Gasteiger partial charge is 0.378 e. The first-order valence-corrected chi connectivity index (χ1v) is 6.41. The number of halogens is 1. The molecule has 0 atom stereocenters. The third-order valence-electron chi connectivity index (χ3n) is 2.80. The minimum atomic E-state index is -0.643. The van der Waals surface area contributed by atoms with Gasteiger partial charge in [-0.05, 0) is 44.5 Å². The zero-order valence-electron chi connectivity index (χ0n) is 12.3. The first-order valence-electron chi connectivity index (χ1n) is 6.41. The van der Waals surface area contributed by atoms with Crippen molar-refractivity contribution >= 4 is 5.97 Å². The summed E-state index contributed by atoms with van der Waals surface area (Å²) in [6, 6.07) is 4.24. The van der Waals surface area contributed by atoms with Crippen LogP contribution in [0.3, 0.4) is 0 Å². The highest BCUT2D eigenvalue weighted by Gasteiger charge is 2.20. The fourth-order valence-electron chi connectivity index (χ4n) is 1.72. The Bertz CT molecular complexity index is 667. The van der Waals surface area contributed by atoms with Crippen molar-refractivity contribution in [2.45, 2.75) is 26.8 Å². The zero-order valence-corrected chi connectivity index (χ0v) is 12.3. The second kappa shape index (κ2) is 5.90. The van der Waals surface area contributed by atoms with Gasteiger partial charge in [-0.1, -0.05) is 0 Å². The zero-order chi connectivity index (χ0) is 15.6. The van der Waals surface area contributed by atoms with E-state index in [1.807, 2.05) is 13.8 Å². The highest BCUT2D eigenvalue weighted by atomic mass is 19.1. The molecular formula is C14H16FN3O3. The second-order valence-corrected chi connectivity index (χ2v) is 4.76. The van der Waals surface area contributed by atoms with E-state index < -0.39 is 5.97 Å². The second-order valence-electron chi connectivity index (χ2n) is 4.76. The van der Waals surface area contributed by atoms with Crippen LogP contribution in [0.2, 0.25) is 0 Å². The number of hydrogen-bond donors (Lipinski definition) is 0. The molecule has 2 rings (SSSR count). The van der Waals surface area contributed by atoms with Crippen molar-refractivity contribution in [3.8, 4) is 11.8 Å². The van der Waals surface area contributed by atoms with Crippen molar-refractivity contribution in [3.63, 3.8) is 0 Å². The Morgan fingerprint density at radius 2 is 2.10 bits per heavy atom. The van der Waals surface area contributed by atoms with E-state index in [0.717, 1.165) is 0 Å². The highest BCUT2D eigenvalue weighted by Crippen LogP contribution is 2.26. The molecule has 0 aliphatic rings. The summed E-state index contributed by atoms with van der Waals surface area (Å²) in [6.45, 7) is 5.47. The van der Waals surface area contributed by atoms with Crippen molar-refractivity contribution in [2.24, 2.45) is 0 Å². The predicted molar refractivity (Wildman–Crippen MR) is 73.0 cm³/mol. The number of ether oxygens (including phenoxy) is 2. The van der Waals surface area contributed by atoms with E-state index in [1.165, 1.54) is 30.0 Å².